The standard InChI is InChI=1S/C25H20Cl2N4O3S/c1-15(19-12-7-16(26)13-21(19)27)29-30-23(32)14-35-25-28-22-6-4-3-5-20(22)24(33)31(25)17-8-10-18(34-2)11-9-17/h3-13H,14H2,1-2H3,(H,30,32). The van der Waals surface area contributed by atoms with Crippen molar-refractivity contribution >= 4 is 57.5 Å². The van der Waals surface area contributed by atoms with Gasteiger partial charge in [-0.1, -0.05) is 53.2 Å². The number of carbonyl (C=O) groups is 1. The van der Waals surface area contributed by atoms with Crippen molar-refractivity contribution < 1.29 is 9.53 Å². The van der Waals surface area contributed by atoms with E-state index in [9.17, 15) is 9.59 Å². The molecule has 0 atom stereocenters. The second-order valence-electron chi connectivity index (χ2n) is 7.40. The summed E-state index contributed by atoms with van der Waals surface area (Å²) in [7, 11) is 1.57. The SMILES string of the molecule is COc1ccc(-n2c(SCC(=O)NN=C(C)c3ccc(Cl)cc3Cl)nc3ccccc3c2=O)cc1. The van der Waals surface area contributed by atoms with Crippen molar-refractivity contribution in [3.8, 4) is 11.4 Å². The first-order chi connectivity index (χ1) is 16.9. The molecule has 1 N–H and O–H groups in total. The van der Waals surface area contributed by atoms with Crippen molar-refractivity contribution in [1.82, 2.24) is 15.0 Å². The van der Waals surface area contributed by atoms with Gasteiger partial charge in [0.25, 0.3) is 11.5 Å². The summed E-state index contributed by atoms with van der Waals surface area (Å²) in [6.45, 7) is 1.73. The average Bonchev–Trinajstić information content (AvgIpc) is 2.86. The van der Waals surface area contributed by atoms with Gasteiger partial charge in [-0.15, -0.1) is 0 Å². The molecule has 178 valence electrons. The van der Waals surface area contributed by atoms with E-state index in [2.05, 4.69) is 15.5 Å². The predicted octanol–water partition coefficient (Wildman–Crippen LogP) is 5.33. The van der Waals surface area contributed by atoms with E-state index in [-0.39, 0.29) is 17.2 Å². The van der Waals surface area contributed by atoms with E-state index in [4.69, 9.17) is 27.9 Å². The minimum Gasteiger partial charge on any atom is -0.497 e. The Bertz CT molecular complexity index is 1490. The highest BCUT2D eigenvalue weighted by atomic mass is 35.5. The molecule has 0 aliphatic heterocycles. The molecule has 4 rings (SSSR count). The molecule has 7 nitrogen and oxygen atoms in total. The van der Waals surface area contributed by atoms with Crippen molar-refractivity contribution in [3.05, 3.63) is 92.7 Å². The number of hydrazone groups is 1. The fourth-order valence-electron chi connectivity index (χ4n) is 3.32. The van der Waals surface area contributed by atoms with Crippen LogP contribution in [0.3, 0.4) is 0 Å². The van der Waals surface area contributed by atoms with Crippen molar-refractivity contribution in [2.24, 2.45) is 5.10 Å². The molecular formula is C25H20Cl2N4O3S. The Morgan fingerprint density at radius 3 is 2.57 bits per heavy atom. The van der Waals surface area contributed by atoms with E-state index in [0.29, 0.717) is 48.8 Å². The fraction of sp³-hybridized carbons (Fsp3) is 0.120. The van der Waals surface area contributed by atoms with Crippen molar-refractivity contribution in [3.63, 3.8) is 0 Å². The summed E-state index contributed by atoms with van der Waals surface area (Å²) in [5.74, 6) is 0.299. The molecule has 0 aliphatic rings. The number of hydrogen-bond acceptors (Lipinski definition) is 6. The molecule has 1 amide bonds. The third-order valence-corrected chi connectivity index (χ3v) is 6.56. The molecular weight excluding hydrogens is 507 g/mol. The third-order valence-electron chi connectivity index (χ3n) is 5.08. The summed E-state index contributed by atoms with van der Waals surface area (Å²) >= 11 is 13.3. The van der Waals surface area contributed by atoms with Crippen molar-refractivity contribution in [1.29, 1.82) is 0 Å². The number of rotatable bonds is 7. The lowest BCUT2D eigenvalue weighted by Gasteiger charge is -2.13. The summed E-state index contributed by atoms with van der Waals surface area (Å²) in [5.41, 5.74) is 4.66. The van der Waals surface area contributed by atoms with Crippen LogP contribution in [-0.4, -0.2) is 34.0 Å². The van der Waals surface area contributed by atoms with Gasteiger partial charge in [0.05, 0.1) is 40.2 Å². The smallest absolute Gasteiger partial charge is 0.266 e. The number of nitrogens with zero attached hydrogens (tertiary/aromatic N) is 3. The summed E-state index contributed by atoms with van der Waals surface area (Å²) in [4.78, 5) is 30.5. The van der Waals surface area contributed by atoms with Crippen LogP contribution in [0.2, 0.25) is 10.0 Å². The lowest BCUT2D eigenvalue weighted by molar-refractivity contribution is -0.118. The van der Waals surface area contributed by atoms with Gasteiger partial charge in [-0.2, -0.15) is 5.10 Å². The summed E-state index contributed by atoms with van der Waals surface area (Å²) < 4.78 is 6.71. The number of aromatic nitrogens is 2. The normalized spacial score (nSPS) is 11.5. The van der Waals surface area contributed by atoms with Crippen LogP contribution in [0.1, 0.15) is 12.5 Å². The van der Waals surface area contributed by atoms with Crippen LogP contribution in [0.15, 0.2) is 81.8 Å². The Balaban J connectivity index is 1.58. The molecule has 0 saturated carbocycles. The molecule has 0 fully saturated rings. The number of thioether (sulfide) groups is 1. The lowest BCUT2D eigenvalue weighted by atomic mass is 10.1. The van der Waals surface area contributed by atoms with E-state index in [1.54, 1.807) is 74.7 Å². The number of nitrogens with one attached hydrogen (secondary N) is 1. The molecule has 0 aliphatic carbocycles. The first-order valence-electron chi connectivity index (χ1n) is 10.4. The molecule has 4 aromatic rings. The number of ether oxygens (including phenoxy) is 1. The monoisotopic (exact) mass is 526 g/mol. The lowest BCUT2D eigenvalue weighted by Crippen LogP contribution is -2.24. The van der Waals surface area contributed by atoms with Gasteiger partial charge in [0.15, 0.2) is 5.16 Å². The Morgan fingerprint density at radius 1 is 1.11 bits per heavy atom. The second kappa shape index (κ2) is 10.9. The van der Waals surface area contributed by atoms with Crippen LogP contribution in [-0.2, 0) is 4.79 Å². The maximum atomic E-state index is 13.3. The highest BCUT2D eigenvalue weighted by molar-refractivity contribution is 7.99. The summed E-state index contributed by atoms with van der Waals surface area (Å²) in [6, 6.07) is 19.2. The van der Waals surface area contributed by atoms with E-state index in [1.165, 1.54) is 4.57 Å². The van der Waals surface area contributed by atoms with E-state index in [0.717, 1.165) is 11.8 Å². The zero-order valence-corrected chi connectivity index (χ0v) is 21.1. The number of hydrogen-bond donors (Lipinski definition) is 1. The molecule has 10 heteroatoms. The molecule has 0 radical (unpaired) electrons. The highest BCUT2D eigenvalue weighted by Gasteiger charge is 2.15. The Morgan fingerprint density at radius 2 is 1.86 bits per heavy atom. The maximum absolute atomic E-state index is 13.3. The zero-order valence-electron chi connectivity index (χ0n) is 18.8. The molecule has 1 aromatic heterocycles. The number of carbonyl (C=O) groups excluding carboxylic acids is 1. The number of halogens is 2. The van der Waals surface area contributed by atoms with Crippen molar-refractivity contribution in [2.45, 2.75) is 12.1 Å². The van der Waals surface area contributed by atoms with Gasteiger partial charge < -0.3 is 4.74 Å². The van der Waals surface area contributed by atoms with E-state index < -0.39 is 0 Å². The zero-order chi connectivity index (χ0) is 24.9. The quantitative estimate of drug-likeness (QED) is 0.152. The minimum absolute atomic E-state index is 0.00787. The molecule has 0 bridgehead atoms. The number of fused-ring (bicyclic) bond motifs is 1. The first kappa shape index (κ1) is 24.8. The van der Waals surface area contributed by atoms with Gasteiger partial charge in [0.2, 0.25) is 0 Å². The van der Waals surface area contributed by atoms with Crippen molar-refractivity contribution in [2.75, 3.05) is 12.9 Å². The van der Waals surface area contributed by atoms with E-state index >= 15 is 0 Å². The van der Waals surface area contributed by atoms with Gasteiger partial charge in [0, 0.05) is 10.6 Å². The van der Waals surface area contributed by atoms with Crippen LogP contribution in [0.4, 0.5) is 0 Å². The Hall–Kier alpha value is -3.33. The Labute approximate surface area is 215 Å². The molecule has 0 unspecified atom stereocenters. The average molecular weight is 527 g/mol. The fourth-order valence-corrected chi connectivity index (χ4v) is 4.67. The first-order valence-corrected chi connectivity index (χ1v) is 12.2. The number of methoxy groups -OCH3 is 1. The number of para-hydroxylation sites is 1. The molecule has 0 saturated heterocycles. The predicted molar refractivity (Wildman–Crippen MR) is 141 cm³/mol. The number of amides is 1. The third kappa shape index (κ3) is 5.67. The van der Waals surface area contributed by atoms with Gasteiger partial charge in [-0.3, -0.25) is 14.2 Å². The van der Waals surface area contributed by atoms with Gasteiger partial charge in [-0.25, -0.2) is 10.4 Å². The second-order valence-corrected chi connectivity index (χ2v) is 9.18. The number of benzene rings is 3. The highest BCUT2D eigenvalue weighted by Crippen LogP contribution is 2.23. The maximum Gasteiger partial charge on any atom is 0.266 e. The molecule has 3 aromatic carbocycles. The van der Waals surface area contributed by atoms with Gasteiger partial charge in [-0.05, 0) is 55.5 Å². The molecule has 0 spiro atoms. The topological polar surface area (TPSA) is 85.6 Å². The largest absolute Gasteiger partial charge is 0.497 e. The van der Waals surface area contributed by atoms with Crippen LogP contribution >= 0.6 is 35.0 Å². The van der Waals surface area contributed by atoms with Crippen LogP contribution in [0.5, 0.6) is 5.75 Å². The summed E-state index contributed by atoms with van der Waals surface area (Å²) in [6.07, 6.45) is 0. The van der Waals surface area contributed by atoms with Crippen LogP contribution in [0.25, 0.3) is 16.6 Å². The molecule has 1 heterocycles. The molecule has 35 heavy (non-hydrogen) atoms. The minimum atomic E-state index is -0.358. The van der Waals surface area contributed by atoms with Gasteiger partial charge >= 0.3 is 0 Å². The Kier molecular flexibility index (Phi) is 7.75. The van der Waals surface area contributed by atoms with Gasteiger partial charge in [0.1, 0.15) is 5.75 Å². The van der Waals surface area contributed by atoms with E-state index in [1.807, 2.05) is 6.07 Å². The summed E-state index contributed by atoms with van der Waals surface area (Å²) in [5, 5.41) is 5.95. The van der Waals surface area contributed by atoms with Crippen LogP contribution < -0.4 is 15.7 Å². The van der Waals surface area contributed by atoms with Crippen LogP contribution in [0, 0.1) is 0 Å².